The second-order valence-corrected chi connectivity index (χ2v) is 4.86. The molecule has 5 nitrogen and oxygen atoms in total. The summed E-state index contributed by atoms with van der Waals surface area (Å²) in [7, 11) is 0. The van der Waals surface area contributed by atoms with Crippen LogP contribution in [0.15, 0.2) is 6.33 Å². The minimum absolute atomic E-state index is 0.412. The van der Waals surface area contributed by atoms with E-state index in [1.165, 1.54) is 12.8 Å². The summed E-state index contributed by atoms with van der Waals surface area (Å²) < 4.78 is 7.69. The predicted molar refractivity (Wildman–Crippen MR) is 70.2 cm³/mol. The van der Waals surface area contributed by atoms with Gasteiger partial charge in [0, 0.05) is 19.7 Å². The summed E-state index contributed by atoms with van der Waals surface area (Å²) in [4.78, 5) is 6.79. The fourth-order valence-electron chi connectivity index (χ4n) is 2.50. The van der Waals surface area contributed by atoms with E-state index in [0.717, 1.165) is 45.0 Å². The molecule has 1 fully saturated rings. The van der Waals surface area contributed by atoms with E-state index in [9.17, 15) is 0 Å². The first-order valence-corrected chi connectivity index (χ1v) is 7.04. The van der Waals surface area contributed by atoms with Gasteiger partial charge in [-0.2, -0.15) is 5.10 Å². The third-order valence-electron chi connectivity index (χ3n) is 3.39. The zero-order chi connectivity index (χ0) is 12.8. The molecule has 1 aromatic rings. The van der Waals surface area contributed by atoms with Gasteiger partial charge in [0.15, 0.2) is 0 Å². The van der Waals surface area contributed by atoms with Gasteiger partial charge < -0.3 is 4.74 Å². The van der Waals surface area contributed by atoms with Crippen LogP contribution < -0.4 is 0 Å². The summed E-state index contributed by atoms with van der Waals surface area (Å²) in [6.45, 7) is 9.11. The van der Waals surface area contributed by atoms with Crippen molar-refractivity contribution in [3.63, 3.8) is 0 Å². The van der Waals surface area contributed by atoms with Gasteiger partial charge in [-0.05, 0) is 32.7 Å². The largest absolute Gasteiger partial charge is 0.377 e. The Hall–Kier alpha value is -0.940. The molecule has 18 heavy (non-hydrogen) atoms. The van der Waals surface area contributed by atoms with Gasteiger partial charge in [-0.1, -0.05) is 6.92 Å². The maximum atomic E-state index is 5.72. The van der Waals surface area contributed by atoms with Crippen LogP contribution in [0.25, 0.3) is 0 Å². The fourth-order valence-corrected chi connectivity index (χ4v) is 2.50. The molecule has 0 amide bonds. The molecule has 1 saturated heterocycles. The Balaban J connectivity index is 1.92. The number of nitrogens with zero attached hydrogens (tertiary/aromatic N) is 4. The van der Waals surface area contributed by atoms with Crippen molar-refractivity contribution in [2.45, 2.75) is 52.3 Å². The number of aromatic nitrogens is 3. The van der Waals surface area contributed by atoms with Crippen LogP contribution in [0.1, 0.15) is 38.9 Å². The molecule has 0 spiro atoms. The Morgan fingerprint density at radius 3 is 3.06 bits per heavy atom. The molecule has 1 aromatic heterocycles. The molecule has 0 radical (unpaired) electrons. The van der Waals surface area contributed by atoms with Crippen molar-refractivity contribution < 1.29 is 4.74 Å². The van der Waals surface area contributed by atoms with Gasteiger partial charge >= 0.3 is 0 Å². The van der Waals surface area contributed by atoms with Crippen molar-refractivity contribution >= 4 is 0 Å². The first-order valence-electron chi connectivity index (χ1n) is 7.04. The zero-order valence-electron chi connectivity index (χ0n) is 11.5. The maximum Gasteiger partial charge on any atom is 0.140 e. The molecule has 1 aliphatic rings. The molecule has 2 heterocycles. The molecule has 1 aliphatic heterocycles. The molecule has 1 atom stereocenters. The van der Waals surface area contributed by atoms with E-state index in [1.807, 2.05) is 4.68 Å². The van der Waals surface area contributed by atoms with E-state index in [4.69, 9.17) is 4.74 Å². The monoisotopic (exact) mass is 252 g/mol. The van der Waals surface area contributed by atoms with Crippen molar-refractivity contribution in [2.24, 2.45) is 0 Å². The fraction of sp³-hybridized carbons (Fsp3) is 0.846. The zero-order valence-corrected chi connectivity index (χ0v) is 11.5. The molecule has 5 heteroatoms. The lowest BCUT2D eigenvalue weighted by Crippen LogP contribution is -2.33. The molecule has 102 valence electrons. The number of aryl methyl sites for hydroxylation is 1. The summed E-state index contributed by atoms with van der Waals surface area (Å²) in [5.74, 6) is 1.06. The van der Waals surface area contributed by atoms with Crippen LogP contribution in [-0.2, 0) is 17.8 Å². The SMILES string of the molecule is CCCN(Cc1ncnn1CC)C[C@@H]1CCCO1. The van der Waals surface area contributed by atoms with Gasteiger partial charge in [0.05, 0.1) is 12.6 Å². The van der Waals surface area contributed by atoms with Gasteiger partial charge in [-0.25, -0.2) is 9.67 Å². The van der Waals surface area contributed by atoms with Crippen molar-refractivity contribution in [3.05, 3.63) is 12.2 Å². The predicted octanol–water partition coefficient (Wildman–Crippen LogP) is 1.69. The van der Waals surface area contributed by atoms with E-state index in [0.29, 0.717) is 6.10 Å². The van der Waals surface area contributed by atoms with Crippen LogP contribution in [0.2, 0.25) is 0 Å². The molecular formula is C13H24N4O. The van der Waals surface area contributed by atoms with E-state index >= 15 is 0 Å². The molecule has 0 bridgehead atoms. The van der Waals surface area contributed by atoms with Gasteiger partial charge in [0.25, 0.3) is 0 Å². The smallest absolute Gasteiger partial charge is 0.140 e. The highest BCUT2D eigenvalue weighted by molar-refractivity contribution is 4.85. The summed E-state index contributed by atoms with van der Waals surface area (Å²) in [5.41, 5.74) is 0. The Morgan fingerprint density at radius 2 is 2.39 bits per heavy atom. The first-order chi connectivity index (χ1) is 8.83. The maximum absolute atomic E-state index is 5.72. The summed E-state index contributed by atoms with van der Waals surface area (Å²) in [5, 5.41) is 4.23. The van der Waals surface area contributed by atoms with Gasteiger partial charge in [-0.15, -0.1) is 0 Å². The second-order valence-electron chi connectivity index (χ2n) is 4.86. The van der Waals surface area contributed by atoms with Crippen LogP contribution in [0.4, 0.5) is 0 Å². The first kappa shape index (κ1) is 13.5. The Bertz CT molecular complexity index is 347. The average Bonchev–Trinajstić information content (AvgIpc) is 3.00. The van der Waals surface area contributed by atoms with Gasteiger partial charge in [-0.3, -0.25) is 4.90 Å². The lowest BCUT2D eigenvalue weighted by Gasteiger charge is -2.24. The summed E-state index contributed by atoms with van der Waals surface area (Å²) in [6.07, 6.45) is 5.62. The highest BCUT2D eigenvalue weighted by Gasteiger charge is 2.20. The van der Waals surface area contributed by atoms with E-state index in [-0.39, 0.29) is 0 Å². The highest BCUT2D eigenvalue weighted by Crippen LogP contribution is 2.14. The molecule has 0 aromatic carbocycles. The van der Waals surface area contributed by atoms with Crippen molar-refractivity contribution in [1.82, 2.24) is 19.7 Å². The van der Waals surface area contributed by atoms with Crippen LogP contribution in [0.3, 0.4) is 0 Å². The lowest BCUT2D eigenvalue weighted by atomic mass is 10.2. The molecule has 0 unspecified atom stereocenters. The second kappa shape index (κ2) is 6.85. The Kier molecular flexibility index (Phi) is 5.13. The normalized spacial score (nSPS) is 19.8. The highest BCUT2D eigenvalue weighted by atomic mass is 16.5. The van der Waals surface area contributed by atoms with Crippen LogP contribution in [0.5, 0.6) is 0 Å². The van der Waals surface area contributed by atoms with Gasteiger partial charge in [0.2, 0.25) is 0 Å². The molecule has 2 rings (SSSR count). The minimum Gasteiger partial charge on any atom is -0.377 e. The summed E-state index contributed by atoms with van der Waals surface area (Å²) in [6, 6.07) is 0. The molecule has 0 N–H and O–H groups in total. The van der Waals surface area contributed by atoms with Crippen LogP contribution in [-0.4, -0.2) is 45.5 Å². The van der Waals surface area contributed by atoms with Crippen molar-refractivity contribution in [2.75, 3.05) is 19.7 Å². The topological polar surface area (TPSA) is 43.2 Å². The molecular weight excluding hydrogens is 228 g/mol. The van der Waals surface area contributed by atoms with Crippen LogP contribution in [0, 0.1) is 0 Å². The minimum atomic E-state index is 0.412. The average molecular weight is 252 g/mol. The van der Waals surface area contributed by atoms with Gasteiger partial charge in [0.1, 0.15) is 12.2 Å². The number of rotatable bonds is 7. The Morgan fingerprint density at radius 1 is 1.50 bits per heavy atom. The number of hydrogen-bond acceptors (Lipinski definition) is 4. The van der Waals surface area contributed by atoms with E-state index in [2.05, 4.69) is 28.8 Å². The van der Waals surface area contributed by atoms with Crippen molar-refractivity contribution in [1.29, 1.82) is 0 Å². The third kappa shape index (κ3) is 3.53. The number of hydrogen-bond donors (Lipinski definition) is 0. The third-order valence-corrected chi connectivity index (χ3v) is 3.39. The van der Waals surface area contributed by atoms with E-state index < -0.39 is 0 Å². The van der Waals surface area contributed by atoms with Crippen molar-refractivity contribution in [3.8, 4) is 0 Å². The summed E-state index contributed by atoms with van der Waals surface area (Å²) >= 11 is 0. The molecule has 0 aliphatic carbocycles. The van der Waals surface area contributed by atoms with Crippen LogP contribution >= 0.6 is 0 Å². The quantitative estimate of drug-likeness (QED) is 0.740. The van der Waals surface area contributed by atoms with E-state index in [1.54, 1.807) is 6.33 Å². The number of ether oxygens (including phenoxy) is 1. The Labute approximate surface area is 109 Å². The molecule has 0 saturated carbocycles. The standard InChI is InChI=1S/C13H24N4O/c1-3-7-16(9-12-6-5-8-18-12)10-13-14-11-15-17(13)4-2/h11-12H,3-10H2,1-2H3/t12-/m0/s1. The lowest BCUT2D eigenvalue weighted by molar-refractivity contribution is 0.0693.